The topological polar surface area (TPSA) is 92.3 Å². The molecule has 14 heavy (non-hydrogen) atoms. The van der Waals surface area contributed by atoms with E-state index in [0.717, 1.165) is 19.3 Å². The molecule has 5 heteroatoms. The lowest BCUT2D eigenvalue weighted by molar-refractivity contribution is -0.323. The number of hydrogen-bond acceptors (Lipinski definition) is 5. The lowest BCUT2D eigenvalue weighted by Gasteiger charge is -2.35. The fraction of sp³-hybridized carbons (Fsp3) is 0.778. The molecule has 0 bridgehead atoms. The van der Waals surface area contributed by atoms with Gasteiger partial charge in [-0.25, -0.2) is 0 Å². The maximum absolute atomic E-state index is 10.7. The molecule has 1 saturated carbocycles. The highest BCUT2D eigenvalue weighted by molar-refractivity contribution is 5.80. The van der Waals surface area contributed by atoms with E-state index in [-0.39, 0.29) is 6.04 Å². The van der Waals surface area contributed by atoms with Crippen molar-refractivity contribution >= 4 is 11.9 Å². The number of aliphatic carboxylic acids is 2. The van der Waals surface area contributed by atoms with Crippen LogP contribution in [0.15, 0.2) is 0 Å². The predicted octanol–water partition coefficient (Wildman–Crippen LogP) is -2.37. The van der Waals surface area contributed by atoms with Crippen LogP contribution in [0.25, 0.3) is 0 Å². The van der Waals surface area contributed by atoms with E-state index in [4.69, 9.17) is 0 Å². The van der Waals surface area contributed by atoms with Crippen LogP contribution in [0.4, 0.5) is 0 Å². The van der Waals surface area contributed by atoms with E-state index in [2.05, 4.69) is 5.32 Å². The summed E-state index contributed by atoms with van der Waals surface area (Å²) in [5, 5.41) is 23.9. The Kier molecular flexibility index (Phi) is 3.46. The summed E-state index contributed by atoms with van der Waals surface area (Å²) in [5.41, 5.74) is 0. The molecule has 0 spiro atoms. The van der Waals surface area contributed by atoms with Crippen LogP contribution >= 0.6 is 0 Å². The largest absolute Gasteiger partial charge is 0.550 e. The smallest absolute Gasteiger partial charge is 0.0591 e. The van der Waals surface area contributed by atoms with E-state index < -0.39 is 23.9 Å². The average molecular weight is 199 g/mol. The molecule has 2 unspecified atom stereocenters. The Morgan fingerprint density at radius 1 is 1.29 bits per heavy atom. The van der Waals surface area contributed by atoms with Crippen LogP contribution in [0.3, 0.4) is 0 Å². The number of carbonyl (C=O) groups excluding carboxylic acids is 2. The van der Waals surface area contributed by atoms with Gasteiger partial charge in [0.2, 0.25) is 0 Å². The van der Waals surface area contributed by atoms with Crippen LogP contribution in [-0.2, 0) is 9.59 Å². The SMILES string of the molecule is CC(C(=O)[O-])C(NC1CCC1)C(=O)[O-]. The van der Waals surface area contributed by atoms with E-state index in [9.17, 15) is 19.8 Å². The highest BCUT2D eigenvalue weighted by Gasteiger charge is 2.25. The Labute approximate surface area is 82.1 Å². The molecule has 0 aromatic carbocycles. The van der Waals surface area contributed by atoms with Crippen LogP contribution in [0.2, 0.25) is 0 Å². The Morgan fingerprint density at radius 3 is 2.14 bits per heavy atom. The van der Waals surface area contributed by atoms with Crippen molar-refractivity contribution in [1.82, 2.24) is 5.32 Å². The van der Waals surface area contributed by atoms with Gasteiger partial charge in [-0.05, 0) is 12.8 Å². The van der Waals surface area contributed by atoms with Crippen molar-refractivity contribution in [2.45, 2.75) is 38.3 Å². The molecular formula is C9H13NO4-2. The summed E-state index contributed by atoms with van der Waals surface area (Å²) >= 11 is 0. The monoisotopic (exact) mass is 199 g/mol. The number of nitrogens with one attached hydrogen (secondary N) is 1. The number of rotatable bonds is 5. The van der Waals surface area contributed by atoms with Crippen molar-refractivity contribution < 1.29 is 19.8 Å². The fourth-order valence-electron chi connectivity index (χ4n) is 1.38. The third-order valence-electron chi connectivity index (χ3n) is 2.65. The van der Waals surface area contributed by atoms with E-state index in [1.165, 1.54) is 6.92 Å². The van der Waals surface area contributed by atoms with Crippen LogP contribution < -0.4 is 15.5 Å². The molecule has 0 aromatic heterocycles. The van der Waals surface area contributed by atoms with Gasteiger partial charge >= 0.3 is 0 Å². The van der Waals surface area contributed by atoms with Gasteiger partial charge in [-0.2, -0.15) is 0 Å². The summed E-state index contributed by atoms with van der Waals surface area (Å²) in [6.45, 7) is 1.31. The van der Waals surface area contributed by atoms with Gasteiger partial charge in [-0.3, -0.25) is 0 Å². The van der Waals surface area contributed by atoms with Gasteiger partial charge in [0, 0.05) is 17.9 Å². The number of hydrogen-bond donors (Lipinski definition) is 1. The van der Waals surface area contributed by atoms with Crippen LogP contribution in [0, 0.1) is 5.92 Å². The molecule has 1 fully saturated rings. The van der Waals surface area contributed by atoms with Gasteiger partial charge in [0.1, 0.15) is 0 Å². The molecule has 2 atom stereocenters. The number of carbonyl (C=O) groups is 2. The summed E-state index contributed by atoms with van der Waals surface area (Å²) < 4.78 is 0. The normalized spacial score (nSPS) is 20.9. The highest BCUT2D eigenvalue weighted by Crippen LogP contribution is 2.19. The van der Waals surface area contributed by atoms with Crippen molar-refractivity contribution in [2.24, 2.45) is 5.92 Å². The van der Waals surface area contributed by atoms with Crippen molar-refractivity contribution in [1.29, 1.82) is 0 Å². The maximum Gasteiger partial charge on any atom is 0.0591 e. The lowest BCUT2D eigenvalue weighted by atomic mass is 9.90. The summed E-state index contributed by atoms with van der Waals surface area (Å²) in [7, 11) is 0. The summed E-state index contributed by atoms with van der Waals surface area (Å²) in [6, 6.07) is -1.04. The van der Waals surface area contributed by atoms with Gasteiger partial charge < -0.3 is 25.1 Å². The minimum atomic E-state index is -1.38. The maximum atomic E-state index is 10.7. The average Bonchev–Trinajstić information content (AvgIpc) is 2.00. The van der Waals surface area contributed by atoms with Crippen molar-refractivity contribution in [2.75, 3.05) is 0 Å². The molecule has 1 aliphatic carbocycles. The Morgan fingerprint density at radius 2 is 1.86 bits per heavy atom. The third kappa shape index (κ3) is 2.45. The molecule has 0 heterocycles. The fourth-order valence-corrected chi connectivity index (χ4v) is 1.38. The molecule has 0 aliphatic heterocycles. The first-order valence-corrected chi connectivity index (χ1v) is 4.70. The van der Waals surface area contributed by atoms with Gasteiger partial charge in [0.05, 0.1) is 12.0 Å². The quantitative estimate of drug-likeness (QED) is 0.534. The molecule has 0 aromatic rings. The molecule has 1 N–H and O–H groups in total. The summed E-state index contributed by atoms with van der Waals surface area (Å²) in [4.78, 5) is 21.1. The highest BCUT2D eigenvalue weighted by atomic mass is 16.4. The van der Waals surface area contributed by atoms with Crippen molar-refractivity contribution in [3.8, 4) is 0 Å². The van der Waals surface area contributed by atoms with E-state index in [1.807, 2.05) is 0 Å². The molecule has 0 radical (unpaired) electrons. The zero-order valence-electron chi connectivity index (χ0n) is 7.99. The predicted molar refractivity (Wildman–Crippen MR) is 43.7 cm³/mol. The van der Waals surface area contributed by atoms with Crippen LogP contribution in [0.1, 0.15) is 26.2 Å². The standard InChI is InChI=1S/C9H15NO4/c1-5(8(11)12)7(9(13)14)10-6-3-2-4-6/h5-7,10H,2-4H2,1H3,(H,11,12)(H,13,14)/p-2. The van der Waals surface area contributed by atoms with Gasteiger partial charge in [0.25, 0.3) is 0 Å². The Bertz CT molecular complexity index is 237. The first kappa shape index (κ1) is 11.0. The van der Waals surface area contributed by atoms with Gasteiger partial charge in [-0.1, -0.05) is 13.3 Å². The molecule has 0 saturated heterocycles. The molecule has 80 valence electrons. The zero-order chi connectivity index (χ0) is 10.7. The van der Waals surface area contributed by atoms with E-state index in [0.29, 0.717) is 0 Å². The molecule has 5 nitrogen and oxygen atoms in total. The number of carboxylic acids is 2. The molecule has 1 aliphatic rings. The number of carboxylic acid groups (broad SMARTS) is 2. The zero-order valence-corrected chi connectivity index (χ0v) is 7.99. The molecule has 0 amide bonds. The minimum absolute atomic E-state index is 0.111. The third-order valence-corrected chi connectivity index (χ3v) is 2.65. The van der Waals surface area contributed by atoms with E-state index >= 15 is 0 Å². The second-order valence-corrected chi connectivity index (χ2v) is 3.70. The first-order chi connectivity index (χ1) is 6.52. The lowest BCUT2D eigenvalue weighted by Crippen LogP contribution is -2.57. The Balaban J connectivity index is 2.53. The minimum Gasteiger partial charge on any atom is -0.550 e. The first-order valence-electron chi connectivity index (χ1n) is 4.70. The Hall–Kier alpha value is -1.10. The van der Waals surface area contributed by atoms with Crippen LogP contribution in [0.5, 0.6) is 0 Å². The molecule has 1 rings (SSSR count). The van der Waals surface area contributed by atoms with Gasteiger partial charge in [0.15, 0.2) is 0 Å². The van der Waals surface area contributed by atoms with Gasteiger partial charge in [-0.15, -0.1) is 0 Å². The van der Waals surface area contributed by atoms with Crippen molar-refractivity contribution in [3.05, 3.63) is 0 Å². The van der Waals surface area contributed by atoms with E-state index in [1.54, 1.807) is 0 Å². The van der Waals surface area contributed by atoms with Crippen molar-refractivity contribution in [3.63, 3.8) is 0 Å². The summed E-state index contributed by atoms with van der Waals surface area (Å²) in [5.74, 6) is -3.82. The second-order valence-electron chi connectivity index (χ2n) is 3.70. The van der Waals surface area contributed by atoms with Crippen LogP contribution in [-0.4, -0.2) is 24.0 Å². The summed E-state index contributed by atoms with van der Waals surface area (Å²) in [6.07, 6.45) is 2.84. The molecular weight excluding hydrogens is 186 g/mol. The second kappa shape index (κ2) is 4.41.